The zero-order valence-electron chi connectivity index (χ0n) is 12.5. The zero-order valence-corrected chi connectivity index (χ0v) is 13.3. The van der Waals surface area contributed by atoms with Crippen LogP contribution >= 0.6 is 11.6 Å². The molecule has 2 rings (SSSR count). The summed E-state index contributed by atoms with van der Waals surface area (Å²) in [5.41, 5.74) is 6.47. The summed E-state index contributed by atoms with van der Waals surface area (Å²) in [4.78, 5) is 7.85. The van der Waals surface area contributed by atoms with Crippen LogP contribution in [0.1, 0.15) is 5.56 Å². The standard InChI is InChI=1S/C14H17ClN4O3/c1-20-9-4-8(5-10(21-2)13(9)22-3)7-17-12-6-11(15)18-14(16)19-12/h4-6H,7H2,1-3H3,(H3,16,17,18,19). The van der Waals surface area contributed by atoms with Gasteiger partial charge in [0.2, 0.25) is 11.7 Å². The summed E-state index contributed by atoms with van der Waals surface area (Å²) in [6.45, 7) is 0.476. The van der Waals surface area contributed by atoms with Gasteiger partial charge in [-0.1, -0.05) is 11.6 Å². The SMILES string of the molecule is COc1cc(CNc2cc(Cl)nc(N)n2)cc(OC)c1OC. The van der Waals surface area contributed by atoms with Gasteiger partial charge in [0, 0.05) is 12.6 Å². The van der Waals surface area contributed by atoms with E-state index >= 15 is 0 Å². The summed E-state index contributed by atoms with van der Waals surface area (Å²) in [7, 11) is 4.70. The molecule has 1 aromatic carbocycles. The highest BCUT2D eigenvalue weighted by Gasteiger charge is 2.13. The van der Waals surface area contributed by atoms with Gasteiger partial charge < -0.3 is 25.3 Å². The van der Waals surface area contributed by atoms with Gasteiger partial charge in [0.15, 0.2) is 11.5 Å². The molecule has 0 amide bonds. The number of rotatable bonds is 6. The van der Waals surface area contributed by atoms with E-state index in [1.807, 2.05) is 12.1 Å². The van der Waals surface area contributed by atoms with E-state index in [2.05, 4.69) is 15.3 Å². The lowest BCUT2D eigenvalue weighted by Crippen LogP contribution is -2.05. The van der Waals surface area contributed by atoms with Gasteiger partial charge in [-0.3, -0.25) is 0 Å². The molecule has 0 radical (unpaired) electrons. The monoisotopic (exact) mass is 324 g/mol. The lowest BCUT2D eigenvalue weighted by molar-refractivity contribution is 0.324. The number of nitrogens with zero attached hydrogens (tertiary/aromatic N) is 2. The highest BCUT2D eigenvalue weighted by atomic mass is 35.5. The molecule has 0 aliphatic carbocycles. The fraction of sp³-hybridized carbons (Fsp3) is 0.286. The van der Waals surface area contributed by atoms with Crippen molar-refractivity contribution in [1.29, 1.82) is 0 Å². The van der Waals surface area contributed by atoms with Gasteiger partial charge in [-0.25, -0.2) is 4.98 Å². The van der Waals surface area contributed by atoms with E-state index in [1.54, 1.807) is 27.4 Å². The minimum Gasteiger partial charge on any atom is -0.493 e. The van der Waals surface area contributed by atoms with Crippen LogP contribution in [0.3, 0.4) is 0 Å². The van der Waals surface area contributed by atoms with Gasteiger partial charge in [-0.2, -0.15) is 4.98 Å². The molecule has 118 valence electrons. The van der Waals surface area contributed by atoms with Crippen LogP contribution < -0.4 is 25.3 Å². The molecule has 2 aromatic rings. The third-order valence-electron chi connectivity index (χ3n) is 2.91. The topological polar surface area (TPSA) is 91.5 Å². The number of aromatic nitrogens is 2. The highest BCUT2D eigenvalue weighted by Crippen LogP contribution is 2.38. The summed E-state index contributed by atoms with van der Waals surface area (Å²) >= 11 is 5.84. The van der Waals surface area contributed by atoms with Crippen molar-refractivity contribution in [2.45, 2.75) is 6.54 Å². The van der Waals surface area contributed by atoms with Crippen molar-refractivity contribution in [3.63, 3.8) is 0 Å². The number of hydrogen-bond donors (Lipinski definition) is 2. The van der Waals surface area contributed by atoms with Crippen LogP contribution in [-0.4, -0.2) is 31.3 Å². The third kappa shape index (κ3) is 3.62. The van der Waals surface area contributed by atoms with Crippen molar-refractivity contribution in [1.82, 2.24) is 9.97 Å². The van der Waals surface area contributed by atoms with Crippen LogP contribution in [0.2, 0.25) is 5.15 Å². The summed E-state index contributed by atoms with van der Waals surface area (Å²) < 4.78 is 15.9. The van der Waals surface area contributed by atoms with E-state index in [1.165, 1.54) is 0 Å². The summed E-state index contributed by atoms with van der Waals surface area (Å²) in [6.07, 6.45) is 0. The molecular weight excluding hydrogens is 308 g/mol. The molecule has 3 N–H and O–H groups in total. The first-order valence-electron chi connectivity index (χ1n) is 6.40. The number of benzene rings is 1. The van der Waals surface area contributed by atoms with Gasteiger partial charge in [0.25, 0.3) is 0 Å². The lowest BCUT2D eigenvalue weighted by atomic mass is 10.1. The van der Waals surface area contributed by atoms with Crippen LogP contribution in [0.5, 0.6) is 17.2 Å². The van der Waals surface area contributed by atoms with E-state index in [9.17, 15) is 0 Å². The van der Waals surface area contributed by atoms with Crippen molar-refractivity contribution in [3.8, 4) is 17.2 Å². The Labute approximate surface area is 133 Å². The Morgan fingerprint density at radius 2 is 1.68 bits per heavy atom. The molecule has 0 saturated heterocycles. The van der Waals surface area contributed by atoms with Crippen LogP contribution in [-0.2, 0) is 6.54 Å². The van der Waals surface area contributed by atoms with Crippen molar-refractivity contribution < 1.29 is 14.2 Å². The average molecular weight is 325 g/mol. The molecule has 0 spiro atoms. The minimum absolute atomic E-state index is 0.111. The highest BCUT2D eigenvalue weighted by molar-refractivity contribution is 6.29. The zero-order chi connectivity index (χ0) is 16.1. The first-order valence-corrected chi connectivity index (χ1v) is 6.78. The van der Waals surface area contributed by atoms with E-state index in [0.717, 1.165) is 5.56 Å². The Morgan fingerprint density at radius 1 is 1.05 bits per heavy atom. The third-order valence-corrected chi connectivity index (χ3v) is 3.10. The maximum atomic E-state index is 5.84. The van der Waals surface area contributed by atoms with Crippen LogP contribution in [0.15, 0.2) is 18.2 Å². The van der Waals surface area contributed by atoms with Crippen molar-refractivity contribution in [2.24, 2.45) is 0 Å². The summed E-state index contributed by atoms with van der Waals surface area (Å²) in [5, 5.41) is 3.39. The largest absolute Gasteiger partial charge is 0.493 e. The summed E-state index contributed by atoms with van der Waals surface area (Å²) in [6, 6.07) is 5.29. The van der Waals surface area contributed by atoms with Crippen molar-refractivity contribution >= 4 is 23.4 Å². The van der Waals surface area contributed by atoms with Gasteiger partial charge in [0.05, 0.1) is 21.3 Å². The smallest absolute Gasteiger partial charge is 0.223 e. The Kier molecular flexibility index (Phi) is 5.11. The fourth-order valence-electron chi connectivity index (χ4n) is 1.96. The van der Waals surface area contributed by atoms with E-state index in [-0.39, 0.29) is 11.1 Å². The average Bonchev–Trinajstić information content (AvgIpc) is 2.50. The Hall–Kier alpha value is -2.41. The number of methoxy groups -OCH3 is 3. The van der Waals surface area contributed by atoms with E-state index in [0.29, 0.717) is 29.6 Å². The first kappa shape index (κ1) is 16.0. The summed E-state index contributed by atoms with van der Waals surface area (Å²) in [5.74, 6) is 2.35. The fourth-order valence-corrected chi connectivity index (χ4v) is 2.15. The minimum atomic E-state index is 0.111. The molecule has 0 aliphatic rings. The predicted octanol–water partition coefficient (Wildman–Crippen LogP) is 2.35. The maximum absolute atomic E-state index is 5.84. The van der Waals surface area contributed by atoms with Crippen molar-refractivity contribution in [3.05, 3.63) is 28.9 Å². The quantitative estimate of drug-likeness (QED) is 0.788. The predicted molar refractivity (Wildman–Crippen MR) is 84.9 cm³/mol. The molecule has 0 atom stereocenters. The van der Waals surface area contributed by atoms with Gasteiger partial charge in [0.1, 0.15) is 11.0 Å². The Balaban J connectivity index is 2.22. The molecule has 1 heterocycles. The van der Waals surface area contributed by atoms with E-state index < -0.39 is 0 Å². The second-order valence-electron chi connectivity index (χ2n) is 4.32. The maximum Gasteiger partial charge on any atom is 0.223 e. The van der Waals surface area contributed by atoms with Crippen LogP contribution in [0.25, 0.3) is 0 Å². The second kappa shape index (κ2) is 7.04. The molecule has 0 aliphatic heterocycles. The molecule has 7 nitrogen and oxygen atoms in total. The molecule has 0 bridgehead atoms. The van der Waals surface area contributed by atoms with Gasteiger partial charge in [-0.05, 0) is 17.7 Å². The molecule has 8 heteroatoms. The molecule has 1 aromatic heterocycles. The van der Waals surface area contributed by atoms with Crippen LogP contribution in [0.4, 0.5) is 11.8 Å². The molecule has 0 fully saturated rings. The van der Waals surface area contributed by atoms with Crippen molar-refractivity contribution in [2.75, 3.05) is 32.4 Å². The number of nitrogens with one attached hydrogen (secondary N) is 1. The normalized spacial score (nSPS) is 10.2. The lowest BCUT2D eigenvalue weighted by Gasteiger charge is -2.14. The Bertz CT molecular complexity index is 621. The van der Waals surface area contributed by atoms with Crippen LogP contribution in [0, 0.1) is 0 Å². The van der Waals surface area contributed by atoms with E-state index in [4.69, 9.17) is 31.5 Å². The van der Waals surface area contributed by atoms with Gasteiger partial charge in [-0.15, -0.1) is 0 Å². The number of ether oxygens (including phenoxy) is 3. The number of anilines is 2. The molecular formula is C14H17ClN4O3. The number of halogens is 1. The first-order chi connectivity index (χ1) is 10.6. The number of nitrogen functional groups attached to an aromatic ring is 1. The molecule has 0 unspecified atom stereocenters. The second-order valence-corrected chi connectivity index (χ2v) is 4.71. The Morgan fingerprint density at radius 3 is 2.18 bits per heavy atom. The number of nitrogens with two attached hydrogens (primary N) is 1. The number of hydrogen-bond acceptors (Lipinski definition) is 7. The molecule has 0 saturated carbocycles. The molecule has 22 heavy (non-hydrogen) atoms. The van der Waals surface area contributed by atoms with Gasteiger partial charge >= 0.3 is 0 Å².